The fourth-order valence-electron chi connectivity index (χ4n) is 4.42. The van der Waals surface area contributed by atoms with Crippen LogP contribution in [0.25, 0.3) is 28.0 Å². The highest BCUT2D eigenvalue weighted by molar-refractivity contribution is 5.79. The van der Waals surface area contributed by atoms with E-state index in [0.717, 1.165) is 33.5 Å². The fraction of sp³-hybridized carbons (Fsp3) is 0.172. The number of esters is 1. The molecule has 2 N–H and O–H groups in total. The van der Waals surface area contributed by atoms with Gasteiger partial charge in [0.15, 0.2) is 0 Å². The Morgan fingerprint density at radius 2 is 1.84 bits per heavy atom. The Labute approximate surface area is 214 Å². The van der Waals surface area contributed by atoms with E-state index in [0.29, 0.717) is 23.7 Å². The zero-order valence-corrected chi connectivity index (χ0v) is 20.6. The molecule has 184 valence electrons. The van der Waals surface area contributed by atoms with Gasteiger partial charge < -0.3 is 15.0 Å². The Balaban J connectivity index is 1.55. The van der Waals surface area contributed by atoms with Gasteiger partial charge in [0.2, 0.25) is 0 Å². The van der Waals surface area contributed by atoms with Crippen LogP contribution in [0.3, 0.4) is 0 Å². The molecule has 3 aromatic carbocycles. The van der Waals surface area contributed by atoms with E-state index >= 15 is 0 Å². The molecule has 0 radical (unpaired) electrons. The molecule has 0 aliphatic rings. The minimum absolute atomic E-state index is 0.0934. The van der Waals surface area contributed by atoms with Gasteiger partial charge in [0, 0.05) is 12.6 Å². The average Bonchev–Trinajstić information content (AvgIpc) is 3.49. The zero-order chi connectivity index (χ0) is 25.9. The number of fused-ring (bicyclic) bond motifs is 1. The molecule has 1 atom stereocenters. The van der Waals surface area contributed by atoms with Crippen LogP contribution in [-0.4, -0.2) is 31.9 Å². The Bertz CT molecular complexity index is 1610. The van der Waals surface area contributed by atoms with Gasteiger partial charge in [-0.1, -0.05) is 42.5 Å². The van der Waals surface area contributed by atoms with Crippen molar-refractivity contribution >= 4 is 17.0 Å². The average molecular weight is 491 g/mol. The molecule has 0 saturated heterocycles. The summed E-state index contributed by atoms with van der Waals surface area (Å²) in [6, 6.07) is 26.7. The van der Waals surface area contributed by atoms with Crippen molar-refractivity contribution in [2.45, 2.75) is 19.4 Å². The van der Waals surface area contributed by atoms with Gasteiger partial charge >= 0.3 is 5.97 Å². The van der Waals surface area contributed by atoms with E-state index in [9.17, 15) is 4.79 Å². The number of hydrogen-bond acceptors (Lipinski definition) is 6. The van der Waals surface area contributed by atoms with Gasteiger partial charge in [-0.05, 0) is 48.9 Å². The minimum atomic E-state index is -0.450. The molecular weight excluding hydrogens is 464 g/mol. The van der Waals surface area contributed by atoms with Gasteiger partial charge in [-0.3, -0.25) is 4.79 Å². The van der Waals surface area contributed by atoms with E-state index in [-0.39, 0.29) is 12.4 Å². The van der Waals surface area contributed by atoms with Gasteiger partial charge in [0.25, 0.3) is 0 Å². The normalized spacial score (nSPS) is 11.8. The number of nitriles is 1. The summed E-state index contributed by atoms with van der Waals surface area (Å²) in [6.07, 6.45) is 0.0934. The molecule has 5 aromatic rings. The van der Waals surface area contributed by atoms with Crippen molar-refractivity contribution in [2.24, 2.45) is 12.8 Å². The number of hydrogen-bond donors (Lipinski definition) is 1. The van der Waals surface area contributed by atoms with Crippen LogP contribution in [0.1, 0.15) is 35.6 Å². The lowest BCUT2D eigenvalue weighted by Gasteiger charge is -2.12. The summed E-state index contributed by atoms with van der Waals surface area (Å²) in [5, 5.41) is 13.8. The summed E-state index contributed by atoms with van der Waals surface area (Å²) in [4.78, 5) is 17.0. The number of aromatic nitrogens is 4. The van der Waals surface area contributed by atoms with E-state index in [4.69, 9.17) is 25.8 Å². The van der Waals surface area contributed by atoms with Crippen molar-refractivity contribution < 1.29 is 9.53 Å². The van der Waals surface area contributed by atoms with Crippen LogP contribution in [0.4, 0.5) is 0 Å². The maximum atomic E-state index is 12.1. The highest BCUT2D eigenvalue weighted by Crippen LogP contribution is 2.28. The summed E-state index contributed by atoms with van der Waals surface area (Å²) in [5.41, 5.74) is 13.0. The first-order chi connectivity index (χ1) is 18.0. The molecule has 2 heterocycles. The molecule has 0 fully saturated rings. The third-order valence-corrected chi connectivity index (χ3v) is 6.28. The molecule has 0 saturated carbocycles. The number of aryl methyl sites for hydroxylation is 1. The SMILES string of the molecule is CCOC(=O)Cc1cc(-c2ccccc2)n(-c2ccc3c(c2)nc(C(N)c2ccc(C#N)cc2)n3C)n1. The van der Waals surface area contributed by atoms with Gasteiger partial charge in [0.1, 0.15) is 5.82 Å². The second-order valence-electron chi connectivity index (χ2n) is 8.69. The smallest absolute Gasteiger partial charge is 0.311 e. The monoisotopic (exact) mass is 490 g/mol. The number of carbonyl (C=O) groups excluding carboxylic acids is 1. The largest absolute Gasteiger partial charge is 0.466 e. The van der Waals surface area contributed by atoms with E-state index in [1.165, 1.54) is 0 Å². The van der Waals surface area contributed by atoms with Gasteiger partial charge in [-0.15, -0.1) is 0 Å². The summed E-state index contributed by atoms with van der Waals surface area (Å²) >= 11 is 0. The molecule has 1 unspecified atom stereocenters. The molecule has 0 aliphatic carbocycles. The van der Waals surface area contributed by atoms with Crippen LogP contribution in [0.5, 0.6) is 0 Å². The molecule has 0 spiro atoms. The number of benzene rings is 3. The van der Waals surface area contributed by atoms with Crippen LogP contribution in [0, 0.1) is 11.3 Å². The number of nitrogens with zero attached hydrogens (tertiary/aromatic N) is 5. The Morgan fingerprint density at radius 1 is 1.08 bits per heavy atom. The zero-order valence-electron chi connectivity index (χ0n) is 20.6. The topological polar surface area (TPSA) is 112 Å². The predicted molar refractivity (Wildman–Crippen MR) is 141 cm³/mol. The molecule has 8 nitrogen and oxygen atoms in total. The quantitative estimate of drug-likeness (QED) is 0.337. The maximum absolute atomic E-state index is 12.1. The van der Waals surface area contributed by atoms with Gasteiger partial charge in [0.05, 0.1) is 58.8 Å². The molecular formula is C29H26N6O2. The number of ether oxygens (including phenoxy) is 1. The first-order valence-corrected chi connectivity index (χ1v) is 12.0. The summed E-state index contributed by atoms with van der Waals surface area (Å²) in [7, 11) is 1.94. The summed E-state index contributed by atoms with van der Waals surface area (Å²) in [6.45, 7) is 2.11. The van der Waals surface area contributed by atoms with E-state index in [1.807, 2.05) is 83.0 Å². The lowest BCUT2D eigenvalue weighted by Crippen LogP contribution is -2.16. The first kappa shape index (κ1) is 24.0. The molecule has 0 bridgehead atoms. The Morgan fingerprint density at radius 3 is 2.54 bits per heavy atom. The lowest BCUT2D eigenvalue weighted by atomic mass is 10.1. The first-order valence-electron chi connectivity index (χ1n) is 12.0. The summed E-state index contributed by atoms with van der Waals surface area (Å²) in [5.74, 6) is 0.400. The molecule has 5 rings (SSSR count). The number of rotatable bonds is 7. The highest BCUT2D eigenvalue weighted by atomic mass is 16.5. The van der Waals surface area contributed by atoms with Gasteiger partial charge in [-0.2, -0.15) is 10.4 Å². The van der Waals surface area contributed by atoms with E-state index in [1.54, 1.807) is 19.1 Å². The van der Waals surface area contributed by atoms with Crippen molar-refractivity contribution in [3.63, 3.8) is 0 Å². The third-order valence-electron chi connectivity index (χ3n) is 6.28. The summed E-state index contributed by atoms with van der Waals surface area (Å²) < 4.78 is 8.94. The van der Waals surface area contributed by atoms with Crippen LogP contribution < -0.4 is 5.73 Å². The highest BCUT2D eigenvalue weighted by Gasteiger charge is 2.19. The predicted octanol–water partition coefficient (Wildman–Crippen LogP) is 4.45. The molecule has 37 heavy (non-hydrogen) atoms. The van der Waals surface area contributed by atoms with Crippen LogP contribution in [0.2, 0.25) is 0 Å². The molecule has 0 amide bonds. The van der Waals surface area contributed by atoms with Crippen molar-refractivity contribution in [3.8, 4) is 23.0 Å². The Kier molecular flexibility index (Phi) is 6.54. The van der Waals surface area contributed by atoms with E-state index < -0.39 is 6.04 Å². The molecule has 2 aromatic heterocycles. The Hall–Kier alpha value is -4.74. The maximum Gasteiger partial charge on any atom is 0.311 e. The molecule has 8 heteroatoms. The van der Waals surface area contributed by atoms with Gasteiger partial charge in [-0.25, -0.2) is 9.67 Å². The van der Waals surface area contributed by atoms with Crippen molar-refractivity contribution in [2.75, 3.05) is 6.61 Å². The third kappa shape index (κ3) is 4.73. The number of carbonyl (C=O) groups is 1. The van der Waals surface area contributed by atoms with Crippen LogP contribution >= 0.6 is 0 Å². The minimum Gasteiger partial charge on any atom is -0.466 e. The fourth-order valence-corrected chi connectivity index (χ4v) is 4.42. The number of nitrogens with two attached hydrogens (primary N) is 1. The van der Waals surface area contributed by atoms with Crippen LogP contribution in [-0.2, 0) is 23.0 Å². The van der Waals surface area contributed by atoms with Crippen molar-refractivity contribution in [1.29, 1.82) is 5.26 Å². The number of imidazole rings is 1. The van der Waals surface area contributed by atoms with Crippen molar-refractivity contribution in [3.05, 3.63) is 102 Å². The van der Waals surface area contributed by atoms with Crippen LogP contribution in [0.15, 0.2) is 78.9 Å². The second-order valence-corrected chi connectivity index (χ2v) is 8.69. The van der Waals surface area contributed by atoms with E-state index in [2.05, 4.69) is 6.07 Å². The van der Waals surface area contributed by atoms with Crippen molar-refractivity contribution in [1.82, 2.24) is 19.3 Å². The lowest BCUT2D eigenvalue weighted by molar-refractivity contribution is -0.142. The standard InChI is InChI=1S/C29H26N6O2/c1-3-37-27(36)16-22-15-26(20-7-5-4-6-8-20)35(33-22)23-13-14-25-24(17-23)32-29(34(25)2)28(31)21-11-9-19(18-30)10-12-21/h4-15,17,28H,3,16,31H2,1-2H3. The second kappa shape index (κ2) is 10.1. The molecule has 0 aliphatic heterocycles.